The summed E-state index contributed by atoms with van der Waals surface area (Å²) in [5.41, 5.74) is 5.83. The Balaban J connectivity index is 0.000000159. The molecule has 0 unspecified atom stereocenters. The number of amides is 6. The molecule has 652 valence electrons. The molecule has 27 nitrogen and oxygen atoms in total. The van der Waals surface area contributed by atoms with Gasteiger partial charge in [0, 0.05) is 115 Å². The lowest BCUT2D eigenvalue weighted by atomic mass is 9.34. The zero-order valence-corrected chi connectivity index (χ0v) is 74.6. The summed E-state index contributed by atoms with van der Waals surface area (Å²) in [6.45, 7) is 37.7. The molecule has 0 atom stereocenters. The Hall–Kier alpha value is -11.4. The molecule has 3 aromatic carbocycles. The topological polar surface area (TPSA) is 291 Å². The van der Waals surface area contributed by atoms with Crippen LogP contribution in [0.2, 0.25) is 5.02 Å². The van der Waals surface area contributed by atoms with Gasteiger partial charge in [-0.2, -0.15) is 15.3 Å². The Morgan fingerprint density at radius 3 is 1.18 bits per heavy atom. The Morgan fingerprint density at radius 2 is 0.821 bits per heavy atom. The Labute approximate surface area is 720 Å². The van der Waals surface area contributed by atoms with Gasteiger partial charge in [-0.25, -0.2) is 42.1 Å². The number of ether oxygens (including phenoxy) is 3. The highest BCUT2D eigenvalue weighted by molar-refractivity contribution is 6.30. The van der Waals surface area contributed by atoms with Crippen LogP contribution < -0.4 is 0 Å². The second kappa shape index (κ2) is 33.4. The van der Waals surface area contributed by atoms with Gasteiger partial charge in [0.1, 0.15) is 28.7 Å². The first-order valence-corrected chi connectivity index (χ1v) is 42.3. The molecule has 0 N–H and O–H groups in total. The van der Waals surface area contributed by atoms with Gasteiger partial charge in [-0.1, -0.05) is 86.0 Å². The van der Waals surface area contributed by atoms with Crippen molar-refractivity contribution in [2.75, 3.05) is 79.7 Å². The van der Waals surface area contributed by atoms with E-state index in [0.717, 1.165) is 45.2 Å². The monoisotopic (exact) mass is 1700 g/mol. The molecular formula is C93H112ClF2N15O12. The summed E-state index contributed by atoms with van der Waals surface area (Å²) in [6.07, 6.45) is 11.5. The van der Waals surface area contributed by atoms with Gasteiger partial charge >= 0.3 is 17.9 Å². The number of piperazine rings is 3. The van der Waals surface area contributed by atoms with E-state index in [1.165, 1.54) is 44.6 Å². The minimum absolute atomic E-state index is 0.0727. The number of esters is 3. The maximum atomic E-state index is 13.9. The van der Waals surface area contributed by atoms with Crippen molar-refractivity contribution < 1.29 is 66.1 Å². The van der Waals surface area contributed by atoms with Gasteiger partial charge in [0.05, 0.1) is 89.4 Å². The van der Waals surface area contributed by atoms with Crippen LogP contribution in [0, 0.1) is 33.8 Å². The number of halogens is 3. The van der Waals surface area contributed by atoms with Crippen LogP contribution in [-0.2, 0) is 59.2 Å². The van der Waals surface area contributed by atoms with E-state index in [0.29, 0.717) is 136 Å². The number of carbonyl (C=O) groups excluding carboxylic acids is 9. The van der Waals surface area contributed by atoms with Crippen molar-refractivity contribution in [3.05, 3.63) is 172 Å². The van der Waals surface area contributed by atoms with Crippen molar-refractivity contribution in [3.8, 4) is 33.8 Å². The molecular weight excluding hydrogens is 1590 g/mol. The minimum Gasteiger partial charge on any atom is -0.469 e. The Morgan fingerprint density at radius 1 is 0.472 bits per heavy atom. The van der Waals surface area contributed by atoms with Crippen molar-refractivity contribution in [1.29, 1.82) is 0 Å². The van der Waals surface area contributed by atoms with Crippen LogP contribution in [0.25, 0.3) is 50.7 Å². The van der Waals surface area contributed by atoms with Crippen LogP contribution in [0.3, 0.4) is 0 Å². The van der Waals surface area contributed by atoms with E-state index in [1.807, 2.05) is 106 Å². The standard InChI is InChI=1S/C33H42ClN5O4.C31H36FN5O4.C29H34FN5O4/c1-31(2,3)24-18-25(21-8-10-23(34)11-9-21)36-39-19-26(35-27(24)39)29(41)38-17-16-37(20-32(38,4)5)28(40)22-12-14-33(6,15-13-22)30(42)43-7;1-28(2,3)21-13-22(19-7-9-20(32)10-8-19)34-37-14-23(33-24(21)37)25(38)36-12-11-35(18-29(36,4)5)26(39)30-15-31(16-30,17-30)27(40)41-6;1-7-39-25(37)13-12-24(36)33-14-15-34(29(5,6)18-33)27(38)23-17-35-26(31-23)21(28(2,3)4)16-22(32-35)19-8-10-20(30)11-9-19/h8-11,18-19,22H,12-17,20H2,1-7H3;7-10,13-14H,11-12,15-18H2,1-6H3;8-13,16-17H,7,14-15,18H2,1-6H3/b;;13-12+. The molecule has 7 aliphatic rings. The molecule has 4 saturated carbocycles. The average molecular weight is 1710 g/mol. The molecule has 3 aliphatic heterocycles. The van der Waals surface area contributed by atoms with Crippen LogP contribution in [0.4, 0.5) is 8.78 Å². The van der Waals surface area contributed by atoms with Crippen LogP contribution in [0.15, 0.2) is 122 Å². The fraction of sp³-hybridized carbons (Fsp3) is 0.495. The molecule has 6 aromatic heterocycles. The molecule has 9 heterocycles. The molecule has 16 rings (SSSR count). The van der Waals surface area contributed by atoms with Crippen LogP contribution in [0.1, 0.15) is 211 Å². The third-order valence-electron chi connectivity index (χ3n) is 25.0. The van der Waals surface area contributed by atoms with E-state index < -0.39 is 38.8 Å². The predicted molar refractivity (Wildman–Crippen MR) is 460 cm³/mol. The minimum atomic E-state index is -0.682. The lowest BCUT2D eigenvalue weighted by molar-refractivity contribution is -0.229. The summed E-state index contributed by atoms with van der Waals surface area (Å²) in [5, 5.41) is 14.9. The second-order valence-electron chi connectivity index (χ2n) is 38.8. The van der Waals surface area contributed by atoms with E-state index in [1.54, 1.807) is 78.0 Å². The predicted octanol–water partition coefficient (Wildman–Crippen LogP) is 14.0. The van der Waals surface area contributed by atoms with E-state index >= 15 is 0 Å². The van der Waals surface area contributed by atoms with Crippen LogP contribution >= 0.6 is 11.6 Å². The summed E-state index contributed by atoms with van der Waals surface area (Å²) in [5.74, 6) is -2.56. The first-order valence-electron chi connectivity index (χ1n) is 42.0. The van der Waals surface area contributed by atoms with Crippen molar-refractivity contribution in [1.82, 2.24) is 73.2 Å². The van der Waals surface area contributed by atoms with Crippen LogP contribution in [-0.4, -0.2) is 223 Å². The number of rotatable bonds is 13. The number of hydrogen-bond acceptors (Lipinski definition) is 18. The number of methoxy groups -OCH3 is 2. The number of imidazole rings is 3. The highest BCUT2D eigenvalue weighted by atomic mass is 35.5. The van der Waals surface area contributed by atoms with Gasteiger partial charge in [-0.3, -0.25) is 38.4 Å². The molecule has 4 aliphatic carbocycles. The number of aromatic nitrogens is 9. The molecule has 3 saturated heterocycles. The lowest BCUT2D eigenvalue weighted by Gasteiger charge is -2.68. The van der Waals surface area contributed by atoms with Gasteiger partial charge < -0.3 is 43.6 Å². The number of nitrogens with zero attached hydrogens (tertiary/aromatic N) is 15. The summed E-state index contributed by atoms with van der Waals surface area (Å²) >= 11 is 6.11. The first kappa shape index (κ1) is 89.4. The van der Waals surface area contributed by atoms with Crippen molar-refractivity contribution in [2.24, 2.45) is 22.2 Å². The number of hydrogen-bond donors (Lipinski definition) is 0. The molecule has 123 heavy (non-hydrogen) atoms. The molecule has 6 amide bonds. The first-order chi connectivity index (χ1) is 57.6. The highest BCUT2D eigenvalue weighted by Gasteiger charge is 2.76. The SMILES string of the molecule is CCOC(=O)/C=C/C(=O)N1CCN(C(=O)c2cn3nc(-c4ccc(F)cc4)cc(C(C)(C)C)c3n2)C(C)(C)C1.COC(=O)C1(C)CCC(C(=O)N2CCN(C(=O)c3cn4nc(-c5ccc(Cl)cc5)cc(C(C)(C)C)c4n3)C(C)(C)C2)CC1.COC(=O)C12CC(C(=O)N3CCN(C(=O)c4cn5nc(-c6ccc(F)cc6)cc(C(C)(C)C)c5n4)C(C)(C)C3)(C1)C2. The summed E-state index contributed by atoms with van der Waals surface area (Å²) in [4.78, 5) is 142. The highest BCUT2D eigenvalue weighted by Crippen LogP contribution is 2.74. The van der Waals surface area contributed by atoms with Crippen molar-refractivity contribution in [3.63, 3.8) is 0 Å². The summed E-state index contributed by atoms with van der Waals surface area (Å²) < 4.78 is 46.7. The number of benzene rings is 3. The quantitative estimate of drug-likeness (QED) is 0.0588. The molecule has 9 aromatic rings. The van der Waals surface area contributed by atoms with Gasteiger partial charge in [0.2, 0.25) is 17.7 Å². The summed E-state index contributed by atoms with van der Waals surface area (Å²) in [7, 11) is 2.81. The number of carbonyl (C=O) groups is 9. The van der Waals surface area contributed by atoms with E-state index in [9.17, 15) is 51.9 Å². The second-order valence-corrected chi connectivity index (χ2v) is 39.3. The maximum absolute atomic E-state index is 13.9. The maximum Gasteiger partial charge on any atom is 0.330 e. The number of fused-ring (bicyclic) bond motifs is 3. The smallest absolute Gasteiger partial charge is 0.330 e. The van der Waals surface area contributed by atoms with Crippen molar-refractivity contribution >= 4 is 81.9 Å². The zero-order chi connectivity index (χ0) is 89.4. The third-order valence-corrected chi connectivity index (χ3v) is 25.2. The molecule has 0 spiro atoms. The largest absolute Gasteiger partial charge is 0.469 e. The van der Waals surface area contributed by atoms with E-state index in [-0.39, 0.29) is 106 Å². The average Bonchev–Trinajstić information content (AvgIpc) is 1.38. The third kappa shape index (κ3) is 18.1. The van der Waals surface area contributed by atoms with Gasteiger partial charge in [0.15, 0.2) is 16.9 Å². The van der Waals surface area contributed by atoms with Gasteiger partial charge in [0.25, 0.3) is 17.7 Å². The molecule has 7 fully saturated rings. The fourth-order valence-corrected chi connectivity index (χ4v) is 18.3. The van der Waals surface area contributed by atoms with E-state index in [2.05, 4.69) is 67.4 Å². The molecule has 30 heteroatoms. The zero-order valence-electron chi connectivity index (χ0n) is 73.9. The lowest BCUT2D eigenvalue weighted by Crippen LogP contribution is -2.73. The van der Waals surface area contributed by atoms with E-state index in [4.69, 9.17) is 51.0 Å². The van der Waals surface area contributed by atoms with Gasteiger partial charge in [-0.15, -0.1) is 0 Å². The Kier molecular flexibility index (Phi) is 24.3. The summed E-state index contributed by atoms with van der Waals surface area (Å²) in [6, 6.07) is 25.7. The van der Waals surface area contributed by atoms with Gasteiger partial charge in [-0.05, 0) is 195 Å². The molecule has 0 radical (unpaired) electrons. The van der Waals surface area contributed by atoms with Crippen LogP contribution in [0.5, 0.6) is 0 Å². The molecule has 2 bridgehead atoms. The van der Waals surface area contributed by atoms with Crippen molar-refractivity contribution in [2.45, 2.75) is 196 Å². The Bertz CT molecular complexity index is 5650. The fourth-order valence-electron chi connectivity index (χ4n) is 18.2. The normalized spacial score (nSPS) is 21.1.